The van der Waals surface area contributed by atoms with E-state index in [1.165, 1.54) is 0 Å². The number of aromatic nitrogens is 1. The van der Waals surface area contributed by atoms with E-state index in [0.29, 0.717) is 12.1 Å². The van der Waals surface area contributed by atoms with Gasteiger partial charge < -0.3 is 5.11 Å². The number of pyridine rings is 1. The number of aliphatic hydroxyl groups excluding tert-OH is 1. The Labute approximate surface area is 86.4 Å². The van der Waals surface area contributed by atoms with Crippen LogP contribution in [0, 0.1) is 10.8 Å². The quantitative estimate of drug-likeness (QED) is 0.521. The van der Waals surface area contributed by atoms with Crippen molar-refractivity contribution < 1.29 is 5.11 Å². The minimum absolute atomic E-state index is 0.0542. The van der Waals surface area contributed by atoms with E-state index in [0.717, 1.165) is 11.8 Å². The predicted molar refractivity (Wildman–Crippen MR) is 58.1 cm³/mol. The first-order valence-corrected chi connectivity index (χ1v) is 4.92. The molecule has 0 saturated carbocycles. The molecule has 0 fully saturated rings. The average Bonchev–Trinajstić information content (AvgIpc) is 2.19. The van der Waals surface area contributed by atoms with E-state index in [1.807, 2.05) is 0 Å². The summed E-state index contributed by atoms with van der Waals surface area (Å²) in [5, 5.41) is 24.1. The second-order valence-corrected chi connectivity index (χ2v) is 3.65. The van der Waals surface area contributed by atoms with Gasteiger partial charge in [-0.1, -0.05) is 17.8 Å². The SMILES string of the molecule is N=C(CCO)SC(=N)c1ccccn1. The fraction of sp³-hybridized carbons (Fsp3) is 0.222. The minimum atomic E-state index is -0.0542. The van der Waals surface area contributed by atoms with Gasteiger partial charge in [0.05, 0.1) is 10.7 Å². The minimum Gasteiger partial charge on any atom is -0.396 e. The van der Waals surface area contributed by atoms with Gasteiger partial charge in [0, 0.05) is 19.2 Å². The van der Waals surface area contributed by atoms with Crippen LogP contribution >= 0.6 is 11.8 Å². The van der Waals surface area contributed by atoms with E-state index in [2.05, 4.69) is 4.98 Å². The highest BCUT2D eigenvalue weighted by Crippen LogP contribution is 2.12. The first-order chi connectivity index (χ1) is 6.74. The van der Waals surface area contributed by atoms with E-state index in [4.69, 9.17) is 15.9 Å². The molecule has 0 unspecified atom stereocenters. The van der Waals surface area contributed by atoms with Gasteiger partial charge in [-0.05, 0) is 12.1 Å². The van der Waals surface area contributed by atoms with Crippen LogP contribution in [0.3, 0.4) is 0 Å². The van der Waals surface area contributed by atoms with E-state index in [-0.39, 0.29) is 16.7 Å². The van der Waals surface area contributed by atoms with Gasteiger partial charge in [0.15, 0.2) is 0 Å². The van der Waals surface area contributed by atoms with Crippen molar-refractivity contribution in [1.82, 2.24) is 4.98 Å². The lowest BCUT2D eigenvalue weighted by Crippen LogP contribution is -2.02. The Balaban J connectivity index is 2.55. The third-order valence-electron chi connectivity index (χ3n) is 1.46. The summed E-state index contributed by atoms with van der Waals surface area (Å²) in [7, 11) is 0. The van der Waals surface area contributed by atoms with Gasteiger partial charge in [-0.3, -0.25) is 15.8 Å². The molecule has 0 aromatic carbocycles. The normalized spacial score (nSPS) is 9.79. The maximum Gasteiger partial charge on any atom is 0.119 e. The second kappa shape index (κ2) is 5.51. The molecule has 0 radical (unpaired) electrons. The van der Waals surface area contributed by atoms with Gasteiger partial charge in [0.1, 0.15) is 5.04 Å². The molecule has 0 saturated heterocycles. The monoisotopic (exact) mass is 209 g/mol. The molecule has 0 aliphatic rings. The van der Waals surface area contributed by atoms with Gasteiger partial charge in [-0.25, -0.2) is 0 Å². The lowest BCUT2D eigenvalue weighted by Gasteiger charge is -2.02. The standard InChI is InChI=1S/C9H11N3OS/c10-8(4-6-13)14-9(11)7-3-1-2-5-12-7/h1-3,5,10-11,13H,4,6H2. The molecular formula is C9H11N3OS. The first kappa shape index (κ1) is 10.9. The van der Waals surface area contributed by atoms with Gasteiger partial charge >= 0.3 is 0 Å². The Hall–Kier alpha value is -1.20. The van der Waals surface area contributed by atoms with Gasteiger partial charge in [0.2, 0.25) is 0 Å². The van der Waals surface area contributed by atoms with Crippen molar-refractivity contribution in [3.8, 4) is 0 Å². The molecule has 0 aliphatic carbocycles. The summed E-state index contributed by atoms with van der Waals surface area (Å²) < 4.78 is 0. The Bertz CT molecular complexity index is 326. The van der Waals surface area contributed by atoms with E-state index in [1.54, 1.807) is 24.4 Å². The fourth-order valence-corrected chi connectivity index (χ4v) is 1.49. The molecule has 5 heteroatoms. The number of rotatable bonds is 3. The summed E-state index contributed by atoms with van der Waals surface area (Å²) in [4.78, 5) is 3.99. The molecule has 0 spiro atoms. The topological polar surface area (TPSA) is 80.8 Å². The highest BCUT2D eigenvalue weighted by atomic mass is 32.2. The first-order valence-electron chi connectivity index (χ1n) is 4.10. The summed E-state index contributed by atoms with van der Waals surface area (Å²) in [6.45, 7) is -0.0542. The van der Waals surface area contributed by atoms with Crippen LogP contribution in [0.1, 0.15) is 12.1 Å². The van der Waals surface area contributed by atoms with Gasteiger partial charge in [0.25, 0.3) is 0 Å². The summed E-state index contributed by atoms with van der Waals surface area (Å²) >= 11 is 1.02. The van der Waals surface area contributed by atoms with Crippen LogP contribution in [0.5, 0.6) is 0 Å². The number of nitrogens with zero attached hydrogens (tertiary/aromatic N) is 1. The molecule has 3 N–H and O–H groups in total. The number of hydrogen-bond donors (Lipinski definition) is 3. The van der Waals surface area contributed by atoms with Crippen molar-refractivity contribution in [3.05, 3.63) is 30.1 Å². The maximum atomic E-state index is 8.58. The van der Waals surface area contributed by atoms with Crippen LogP contribution in [-0.4, -0.2) is 26.8 Å². The Morgan fingerprint density at radius 2 is 2.21 bits per heavy atom. The highest BCUT2D eigenvalue weighted by molar-refractivity contribution is 8.26. The van der Waals surface area contributed by atoms with Crippen LogP contribution in [-0.2, 0) is 0 Å². The molecule has 4 nitrogen and oxygen atoms in total. The second-order valence-electron chi connectivity index (χ2n) is 2.54. The molecule has 1 aromatic heterocycles. The number of aliphatic hydroxyl groups is 1. The van der Waals surface area contributed by atoms with Crippen LogP contribution in [0.2, 0.25) is 0 Å². The van der Waals surface area contributed by atoms with Crippen molar-refractivity contribution in [3.63, 3.8) is 0 Å². The third-order valence-corrected chi connectivity index (χ3v) is 2.33. The van der Waals surface area contributed by atoms with E-state index in [9.17, 15) is 0 Å². The lowest BCUT2D eigenvalue weighted by atomic mass is 10.4. The summed E-state index contributed by atoms with van der Waals surface area (Å²) in [5.41, 5.74) is 0.556. The molecule has 0 atom stereocenters. The van der Waals surface area contributed by atoms with Gasteiger partial charge in [-0.15, -0.1) is 0 Å². The number of nitrogens with one attached hydrogen (secondary N) is 2. The van der Waals surface area contributed by atoms with Crippen molar-refractivity contribution >= 4 is 21.8 Å². The Kier molecular flexibility index (Phi) is 4.28. The zero-order valence-corrected chi connectivity index (χ0v) is 8.34. The third kappa shape index (κ3) is 3.27. The molecule has 1 heterocycles. The van der Waals surface area contributed by atoms with Crippen LogP contribution in [0.4, 0.5) is 0 Å². The lowest BCUT2D eigenvalue weighted by molar-refractivity contribution is 0.307. The van der Waals surface area contributed by atoms with Crippen molar-refractivity contribution in [1.29, 1.82) is 10.8 Å². The molecule has 14 heavy (non-hydrogen) atoms. The number of thioether (sulfide) groups is 1. The highest BCUT2D eigenvalue weighted by Gasteiger charge is 2.06. The van der Waals surface area contributed by atoms with Crippen molar-refractivity contribution in [2.45, 2.75) is 6.42 Å². The average molecular weight is 209 g/mol. The molecular weight excluding hydrogens is 198 g/mol. The Morgan fingerprint density at radius 3 is 2.79 bits per heavy atom. The molecule has 1 aromatic rings. The summed E-state index contributed by atoms with van der Waals surface area (Å²) in [6, 6.07) is 5.30. The van der Waals surface area contributed by atoms with Crippen LogP contribution in [0.25, 0.3) is 0 Å². The number of hydrogen-bond acceptors (Lipinski definition) is 5. The van der Waals surface area contributed by atoms with E-state index >= 15 is 0 Å². The molecule has 0 aliphatic heterocycles. The molecule has 74 valence electrons. The van der Waals surface area contributed by atoms with E-state index < -0.39 is 0 Å². The predicted octanol–water partition coefficient (Wildman–Crippen LogP) is 1.50. The van der Waals surface area contributed by atoms with Gasteiger partial charge in [-0.2, -0.15) is 0 Å². The zero-order valence-electron chi connectivity index (χ0n) is 7.53. The van der Waals surface area contributed by atoms with Crippen LogP contribution < -0.4 is 0 Å². The molecule has 0 amide bonds. The smallest absolute Gasteiger partial charge is 0.119 e. The largest absolute Gasteiger partial charge is 0.396 e. The van der Waals surface area contributed by atoms with Crippen molar-refractivity contribution in [2.24, 2.45) is 0 Å². The molecule has 0 bridgehead atoms. The zero-order chi connectivity index (χ0) is 10.4. The maximum absolute atomic E-state index is 8.58. The fourth-order valence-electron chi connectivity index (χ4n) is 0.825. The van der Waals surface area contributed by atoms with Crippen molar-refractivity contribution in [2.75, 3.05) is 6.61 Å². The van der Waals surface area contributed by atoms with Crippen LogP contribution in [0.15, 0.2) is 24.4 Å². The summed E-state index contributed by atoms with van der Waals surface area (Å²) in [6.07, 6.45) is 1.90. The Morgan fingerprint density at radius 1 is 1.43 bits per heavy atom. The summed E-state index contributed by atoms with van der Waals surface area (Å²) in [5.74, 6) is 0. The molecule has 1 rings (SSSR count).